The quantitative estimate of drug-likeness (QED) is 0.552. The minimum atomic E-state index is -0.942. The van der Waals surface area contributed by atoms with Crippen LogP contribution in [0.5, 0.6) is 0 Å². The predicted octanol–water partition coefficient (Wildman–Crippen LogP) is -0.300. The van der Waals surface area contributed by atoms with E-state index in [1.807, 2.05) is 0 Å². The third-order valence-corrected chi connectivity index (χ3v) is 3.97. The van der Waals surface area contributed by atoms with Crippen molar-refractivity contribution in [1.82, 2.24) is 5.32 Å². The third kappa shape index (κ3) is 1.86. The highest BCUT2D eigenvalue weighted by Gasteiger charge is 2.48. The number of aliphatic hydroxyl groups excluding tert-OH is 2. The maximum atomic E-state index is 9.98. The molecule has 90 valence electrons. The molecule has 2 heterocycles. The molecule has 0 amide bonds. The molecule has 0 radical (unpaired) electrons. The van der Waals surface area contributed by atoms with E-state index in [0.29, 0.717) is 5.57 Å². The summed E-state index contributed by atoms with van der Waals surface area (Å²) in [4.78, 5) is 4.01. The summed E-state index contributed by atoms with van der Waals surface area (Å²) < 4.78 is 5.70. The Bertz CT molecular complexity index is 334. The van der Waals surface area contributed by atoms with Gasteiger partial charge in [0.15, 0.2) is 5.17 Å². The van der Waals surface area contributed by atoms with Crippen LogP contribution in [0.3, 0.4) is 0 Å². The van der Waals surface area contributed by atoms with Crippen molar-refractivity contribution in [2.45, 2.75) is 36.7 Å². The Morgan fingerprint density at radius 1 is 1.50 bits per heavy atom. The van der Waals surface area contributed by atoms with Gasteiger partial charge in [-0.05, 0) is 12.5 Å². The topological polar surface area (TPSA) is 74.1 Å². The molecule has 2 saturated heterocycles. The van der Waals surface area contributed by atoms with Crippen LogP contribution >= 0.6 is 11.8 Å². The fourth-order valence-electron chi connectivity index (χ4n) is 1.93. The molecular formula is C10H16N2O3S. The maximum absolute atomic E-state index is 9.98. The van der Waals surface area contributed by atoms with Crippen molar-refractivity contribution in [1.29, 1.82) is 0 Å². The van der Waals surface area contributed by atoms with E-state index >= 15 is 0 Å². The number of hydrogen-bond acceptors (Lipinski definition) is 5. The van der Waals surface area contributed by atoms with Crippen LogP contribution in [0.25, 0.3) is 0 Å². The molecule has 2 aliphatic heterocycles. The van der Waals surface area contributed by atoms with Crippen molar-refractivity contribution in [3.8, 4) is 0 Å². The summed E-state index contributed by atoms with van der Waals surface area (Å²) in [5.41, 5.74) is 0.492. The van der Waals surface area contributed by atoms with Gasteiger partial charge in [0.25, 0.3) is 0 Å². The van der Waals surface area contributed by atoms with Gasteiger partial charge in [0.1, 0.15) is 23.7 Å². The minimum Gasteiger partial charge on any atom is -0.388 e. The van der Waals surface area contributed by atoms with Crippen molar-refractivity contribution in [3.63, 3.8) is 0 Å². The average molecular weight is 244 g/mol. The molecule has 0 bridgehead atoms. The number of aliphatic imine (C=N–C) groups is 1. The van der Waals surface area contributed by atoms with Gasteiger partial charge in [0.05, 0.1) is 6.04 Å². The Labute approximate surface area is 98.6 Å². The molecule has 2 aliphatic rings. The van der Waals surface area contributed by atoms with Crippen molar-refractivity contribution < 1.29 is 14.9 Å². The molecule has 5 atom stereocenters. The number of thioether (sulfide) groups is 1. The summed E-state index contributed by atoms with van der Waals surface area (Å²) >= 11 is 1.43. The van der Waals surface area contributed by atoms with Crippen LogP contribution in [0.1, 0.15) is 6.92 Å². The normalized spacial score (nSPS) is 45.2. The van der Waals surface area contributed by atoms with E-state index in [1.165, 1.54) is 11.8 Å². The first kappa shape index (κ1) is 11.9. The van der Waals surface area contributed by atoms with Crippen molar-refractivity contribution in [2.75, 3.05) is 7.05 Å². The van der Waals surface area contributed by atoms with E-state index in [9.17, 15) is 10.2 Å². The molecule has 5 nitrogen and oxygen atoms in total. The van der Waals surface area contributed by atoms with E-state index < -0.39 is 18.3 Å². The second-order valence-electron chi connectivity index (χ2n) is 4.07. The molecule has 3 N–H and O–H groups in total. The van der Waals surface area contributed by atoms with Crippen LogP contribution in [-0.2, 0) is 4.74 Å². The summed E-state index contributed by atoms with van der Waals surface area (Å²) in [6.07, 6.45) is -2.32. The molecule has 0 aromatic heterocycles. The van der Waals surface area contributed by atoms with Crippen molar-refractivity contribution in [3.05, 3.63) is 12.2 Å². The van der Waals surface area contributed by atoms with Gasteiger partial charge in [-0.2, -0.15) is 0 Å². The van der Waals surface area contributed by atoms with E-state index in [-0.39, 0.29) is 11.5 Å². The fraction of sp³-hybridized carbons (Fsp3) is 0.700. The third-order valence-electron chi connectivity index (χ3n) is 2.81. The van der Waals surface area contributed by atoms with Gasteiger partial charge in [0.2, 0.25) is 0 Å². The molecule has 16 heavy (non-hydrogen) atoms. The Morgan fingerprint density at radius 3 is 2.75 bits per heavy atom. The number of rotatable bonds is 1. The van der Waals surface area contributed by atoms with Gasteiger partial charge in [-0.3, -0.25) is 4.99 Å². The van der Waals surface area contributed by atoms with Crippen LogP contribution < -0.4 is 5.32 Å². The molecule has 0 aromatic carbocycles. The number of nitrogens with zero attached hydrogens (tertiary/aromatic N) is 1. The second-order valence-corrected chi connectivity index (χ2v) is 5.16. The van der Waals surface area contributed by atoms with Crippen LogP contribution in [0.15, 0.2) is 17.1 Å². The second kappa shape index (κ2) is 4.37. The molecule has 2 fully saturated rings. The maximum Gasteiger partial charge on any atom is 0.159 e. The molecule has 6 heteroatoms. The lowest BCUT2D eigenvalue weighted by atomic mass is 9.94. The fourth-order valence-corrected chi connectivity index (χ4v) is 3.01. The lowest BCUT2D eigenvalue weighted by Crippen LogP contribution is -2.58. The molecule has 0 aromatic rings. The lowest BCUT2D eigenvalue weighted by molar-refractivity contribution is -0.142. The number of nitrogens with one attached hydrogen (secondary N) is 1. The van der Waals surface area contributed by atoms with Gasteiger partial charge in [-0.15, -0.1) is 0 Å². The highest BCUT2D eigenvalue weighted by molar-refractivity contribution is 8.14. The van der Waals surface area contributed by atoms with Crippen LogP contribution in [0.2, 0.25) is 0 Å². The highest BCUT2D eigenvalue weighted by Crippen LogP contribution is 2.35. The summed E-state index contributed by atoms with van der Waals surface area (Å²) in [6.45, 7) is 5.54. The summed E-state index contributed by atoms with van der Waals surface area (Å²) in [7, 11) is 1.67. The zero-order valence-electron chi connectivity index (χ0n) is 9.25. The Balaban J connectivity index is 2.18. The summed E-state index contributed by atoms with van der Waals surface area (Å²) in [5, 5.41) is 23.6. The van der Waals surface area contributed by atoms with Gasteiger partial charge in [-0.1, -0.05) is 18.3 Å². The van der Waals surface area contributed by atoms with Crippen LogP contribution in [0.4, 0.5) is 0 Å². The monoisotopic (exact) mass is 244 g/mol. The lowest BCUT2D eigenvalue weighted by Gasteiger charge is -2.39. The van der Waals surface area contributed by atoms with Gasteiger partial charge < -0.3 is 20.3 Å². The first-order valence-electron chi connectivity index (χ1n) is 5.11. The molecule has 0 aliphatic carbocycles. The molecule has 0 saturated carbocycles. The SMILES string of the molecule is C=C(C)C1OC2SC(=NC)NC2C(O)C1O. The Hall–Kier alpha value is -0.560. The summed E-state index contributed by atoms with van der Waals surface area (Å²) in [5.74, 6) is 0. The Kier molecular flexibility index (Phi) is 3.25. The van der Waals surface area contributed by atoms with E-state index in [4.69, 9.17) is 4.74 Å². The van der Waals surface area contributed by atoms with E-state index in [0.717, 1.165) is 5.17 Å². The van der Waals surface area contributed by atoms with Gasteiger partial charge >= 0.3 is 0 Å². The number of aliphatic hydroxyl groups is 2. The molecule has 2 rings (SSSR count). The standard InChI is InChI=1S/C10H16N2O3S/c1-4(2)8-7(14)6(13)5-9(15-8)16-10(11-3)12-5/h5-9,13-14H,1H2,2-3H3,(H,11,12). The molecular weight excluding hydrogens is 228 g/mol. The zero-order valence-corrected chi connectivity index (χ0v) is 10.1. The molecule has 5 unspecified atom stereocenters. The number of ether oxygens (including phenoxy) is 1. The molecule has 0 spiro atoms. The smallest absolute Gasteiger partial charge is 0.159 e. The Morgan fingerprint density at radius 2 is 2.19 bits per heavy atom. The van der Waals surface area contributed by atoms with Crippen LogP contribution in [0, 0.1) is 0 Å². The summed E-state index contributed by atoms with van der Waals surface area (Å²) in [6, 6.07) is -0.311. The van der Waals surface area contributed by atoms with Crippen LogP contribution in [-0.4, -0.2) is 52.2 Å². The van der Waals surface area contributed by atoms with E-state index in [2.05, 4.69) is 16.9 Å². The van der Waals surface area contributed by atoms with E-state index in [1.54, 1.807) is 14.0 Å². The predicted molar refractivity (Wildman–Crippen MR) is 63.4 cm³/mol. The zero-order chi connectivity index (χ0) is 11.9. The first-order valence-corrected chi connectivity index (χ1v) is 5.99. The minimum absolute atomic E-state index is 0.223. The number of fused-ring (bicyclic) bond motifs is 1. The van der Waals surface area contributed by atoms with Gasteiger partial charge in [-0.25, -0.2) is 0 Å². The first-order chi connectivity index (χ1) is 7.54. The average Bonchev–Trinajstić information content (AvgIpc) is 2.66. The van der Waals surface area contributed by atoms with Gasteiger partial charge in [0, 0.05) is 7.05 Å². The van der Waals surface area contributed by atoms with Crippen molar-refractivity contribution >= 4 is 16.9 Å². The van der Waals surface area contributed by atoms with Crippen molar-refractivity contribution in [2.24, 2.45) is 4.99 Å². The largest absolute Gasteiger partial charge is 0.388 e. The highest BCUT2D eigenvalue weighted by atomic mass is 32.2. The number of hydrogen-bond donors (Lipinski definition) is 3. The number of amidine groups is 1.